The number of sulfonamides is 1. The Bertz CT molecular complexity index is 626. The third kappa shape index (κ3) is 6.99. The fraction of sp³-hybridized carbons (Fsp3) is 0.944. The molecule has 29 heavy (non-hydrogen) atoms. The molecular weight excluding hydrogens is 407 g/mol. The summed E-state index contributed by atoms with van der Waals surface area (Å²) in [6, 6.07) is 0. The molecule has 0 aromatic carbocycles. The molecule has 2 fully saturated rings. The zero-order chi connectivity index (χ0) is 21.5. The van der Waals surface area contributed by atoms with Crippen LogP contribution >= 0.6 is 0 Å². The maximum atomic E-state index is 12.6. The van der Waals surface area contributed by atoms with E-state index in [1.807, 2.05) is 0 Å². The molecule has 0 saturated carbocycles. The standard InChI is InChI=1S/C18H34F3N5O2S/c1-3-8-25-9-4-15(5-10-25)13-23-17(22-2)24-14-16-6-11-26(12-7-16)29(27,28)18(19,20)21/h15-16H,3-14H2,1-2H3,(H2,22,23,24). The van der Waals surface area contributed by atoms with Gasteiger partial charge in [0.05, 0.1) is 0 Å². The largest absolute Gasteiger partial charge is 0.511 e. The van der Waals surface area contributed by atoms with E-state index in [4.69, 9.17) is 0 Å². The molecule has 11 heteroatoms. The maximum absolute atomic E-state index is 12.6. The van der Waals surface area contributed by atoms with Gasteiger partial charge in [-0.3, -0.25) is 4.99 Å². The van der Waals surface area contributed by atoms with Gasteiger partial charge < -0.3 is 15.5 Å². The van der Waals surface area contributed by atoms with Crippen LogP contribution in [0.5, 0.6) is 0 Å². The minimum absolute atomic E-state index is 0.101. The molecule has 170 valence electrons. The van der Waals surface area contributed by atoms with Crippen molar-refractivity contribution >= 4 is 16.0 Å². The molecule has 0 aromatic heterocycles. The number of likely N-dealkylation sites (tertiary alicyclic amines) is 1. The Kier molecular flexibility index (Phi) is 9.02. The molecule has 0 aromatic rings. The highest BCUT2D eigenvalue weighted by molar-refractivity contribution is 7.90. The fourth-order valence-electron chi connectivity index (χ4n) is 3.93. The first-order chi connectivity index (χ1) is 13.7. The van der Waals surface area contributed by atoms with Gasteiger partial charge >= 0.3 is 15.5 Å². The number of aliphatic imine (C=N–C) groups is 1. The first-order valence-electron chi connectivity index (χ1n) is 10.4. The molecule has 0 atom stereocenters. The van der Waals surface area contributed by atoms with E-state index < -0.39 is 15.5 Å². The van der Waals surface area contributed by atoms with Gasteiger partial charge in [-0.15, -0.1) is 0 Å². The van der Waals surface area contributed by atoms with E-state index in [0.717, 1.165) is 39.0 Å². The van der Waals surface area contributed by atoms with Gasteiger partial charge in [0.25, 0.3) is 0 Å². The van der Waals surface area contributed by atoms with Crippen molar-refractivity contribution in [1.82, 2.24) is 19.8 Å². The van der Waals surface area contributed by atoms with Crippen LogP contribution in [0, 0.1) is 11.8 Å². The zero-order valence-corrected chi connectivity index (χ0v) is 18.2. The summed E-state index contributed by atoms with van der Waals surface area (Å²) in [6.07, 6.45) is 4.30. The lowest BCUT2D eigenvalue weighted by molar-refractivity contribution is -0.0496. The second-order valence-electron chi connectivity index (χ2n) is 7.91. The van der Waals surface area contributed by atoms with Crippen LogP contribution in [0.3, 0.4) is 0 Å². The minimum atomic E-state index is -5.23. The summed E-state index contributed by atoms with van der Waals surface area (Å²) in [4.78, 5) is 6.71. The Balaban J connectivity index is 1.68. The first-order valence-corrected chi connectivity index (χ1v) is 11.8. The summed E-state index contributed by atoms with van der Waals surface area (Å²) in [6.45, 7) is 6.83. The topological polar surface area (TPSA) is 77.0 Å². The summed E-state index contributed by atoms with van der Waals surface area (Å²) in [5.41, 5.74) is -5.23. The van der Waals surface area contributed by atoms with Crippen LogP contribution in [0.1, 0.15) is 39.0 Å². The molecule has 7 nitrogen and oxygen atoms in total. The summed E-state index contributed by atoms with van der Waals surface area (Å²) in [7, 11) is -3.52. The molecule has 0 bridgehead atoms. The predicted molar refractivity (Wildman–Crippen MR) is 108 cm³/mol. The summed E-state index contributed by atoms with van der Waals surface area (Å²) in [5.74, 6) is 1.41. The van der Waals surface area contributed by atoms with E-state index in [1.54, 1.807) is 7.05 Å². The summed E-state index contributed by atoms with van der Waals surface area (Å²) < 4.78 is 61.4. The monoisotopic (exact) mass is 441 g/mol. The second-order valence-corrected chi connectivity index (χ2v) is 9.84. The Hall–Kier alpha value is -1.07. The van der Waals surface area contributed by atoms with Crippen molar-refractivity contribution in [3.63, 3.8) is 0 Å². The Morgan fingerprint density at radius 2 is 1.48 bits per heavy atom. The van der Waals surface area contributed by atoms with Crippen molar-refractivity contribution in [3.05, 3.63) is 0 Å². The van der Waals surface area contributed by atoms with Crippen molar-refractivity contribution in [2.45, 2.75) is 44.5 Å². The smallest absolute Gasteiger partial charge is 0.356 e. The van der Waals surface area contributed by atoms with E-state index in [1.165, 1.54) is 6.42 Å². The summed E-state index contributed by atoms with van der Waals surface area (Å²) >= 11 is 0. The molecule has 2 saturated heterocycles. The number of rotatable bonds is 7. The quantitative estimate of drug-likeness (QED) is 0.466. The molecule has 0 amide bonds. The highest BCUT2D eigenvalue weighted by atomic mass is 32.2. The Morgan fingerprint density at radius 3 is 1.90 bits per heavy atom. The first kappa shape index (κ1) is 24.2. The van der Waals surface area contributed by atoms with Gasteiger partial charge in [-0.05, 0) is 63.6 Å². The third-order valence-electron chi connectivity index (χ3n) is 5.79. The van der Waals surface area contributed by atoms with E-state index >= 15 is 0 Å². The van der Waals surface area contributed by atoms with E-state index in [9.17, 15) is 21.6 Å². The van der Waals surface area contributed by atoms with Crippen LogP contribution in [0.15, 0.2) is 4.99 Å². The van der Waals surface area contributed by atoms with Gasteiger partial charge in [-0.1, -0.05) is 6.92 Å². The van der Waals surface area contributed by atoms with Crippen LogP contribution in [0.25, 0.3) is 0 Å². The van der Waals surface area contributed by atoms with Crippen LogP contribution in [0.2, 0.25) is 0 Å². The molecule has 2 rings (SSSR count). The van der Waals surface area contributed by atoms with Gasteiger partial charge in [0.15, 0.2) is 5.96 Å². The molecule has 2 heterocycles. The molecule has 2 N–H and O–H groups in total. The molecule has 2 aliphatic heterocycles. The fourth-order valence-corrected chi connectivity index (χ4v) is 4.92. The normalized spacial score (nSPS) is 22.0. The molecule has 0 unspecified atom stereocenters. The van der Waals surface area contributed by atoms with Crippen molar-refractivity contribution in [2.75, 3.05) is 52.9 Å². The van der Waals surface area contributed by atoms with Crippen molar-refractivity contribution < 1.29 is 21.6 Å². The van der Waals surface area contributed by atoms with Crippen LogP contribution in [-0.4, -0.2) is 82.0 Å². The molecule has 2 aliphatic rings. The molecule has 0 aliphatic carbocycles. The second kappa shape index (κ2) is 10.8. The highest BCUT2D eigenvalue weighted by Crippen LogP contribution is 2.30. The number of hydrogen-bond acceptors (Lipinski definition) is 4. The lowest BCUT2D eigenvalue weighted by atomic mass is 9.96. The molecular formula is C18H34F3N5O2S. The average molecular weight is 442 g/mol. The lowest BCUT2D eigenvalue weighted by Crippen LogP contribution is -2.48. The van der Waals surface area contributed by atoms with Gasteiger partial charge in [-0.25, -0.2) is 8.42 Å². The minimum Gasteiger partial charge on any atom is -0.356 e. The van der Waals surface area contributed by atoms with E-state index in [2.05, 4.69) is 27.4 Å². The van der Waals surface area contributed by atoms with Gasteiger partial charge in [0.1, 0.15) is 0 Å². The Morgan fingerprint density at radius 1 is 1.00 bits per heavy atom. The zero-order valence-electron chi connectivity index (χ0n) is 17.3. The Labute approximate surface area is 172 Å². The van der Waals surface area contributed by atoms with Crippen molar-refractivity contribution in [1.29, 1.82) is 0 Å². The number of nitrogens with one attached hydrogen (secondary N) is 2. The highest BCUT2D eigenvalue weighted by Gasteiger charge is 2.50. The van der Waals surface area contributed by atoms with Gasteiger partial charge in [0, 0.05) is 33.2 Å². The number of alkyl halides is 3. The van der Waals surface area contributed by atoms with Crippen LogP contribution in [-0.2, 0) is 10.0 Å². The van der Waals surface area contributed by atoms with Gasteiger partial charge in [-0.2, -0.15) is 17.5 Å². The summed E-state index contributed by atoms with van der Waals surface area (Å²) in [5, 5.41) is 6.57. The van der Waals surface area contributed by atoms with Crippen LogP contribution < -0.4 is 10.6 Å². The third-order valence-corrected chi connectivity index (χ3v) is 7.42. The van der Waals surface area contributed by atoms with Crippen molar-refractivity contribution in [2.24, 2.45) is 16.8 Å². The number of hydrogen-bond donors (Lipinski definition) is 2. The average Bonchev–Trinajstić information content (AvgIpc) is 2.69. The van der Waals surface area contributed by atoms with E-state index in [-0.39, 0.29) is 19.0 Å². The number of halogens is 3. The maximum Gasteiger partial charge on any atom is 0.511 e. The molecule has 0 spiro atoms. The number of guanidine groups is 1. The van der Waals surface area contributed by atoms with Gasteiger partial charge in [0.2, 0.25) is 0 Å². The lowest BCUT2D eigenvalue weighted by Gasteiger charge is -2.33. The predicted octanol–water partition coefficient (Wildman–Crippen LogP) is 1.84. The SMILES string of the molecule is CCCN1CCC(CNC(=NC)NCC2CCN(S(=O)(=O)C(F)(F)F)CC2)CC1. The number of piperidine rings is 2. The molecule has 0 radical (unpaired) electrons. The van der Waals surface area contributed by atoms with Crippen LogP contribution in [0.4, 0.5) is 13.2 Å². The number of nitrogens with zero attached hydrogens (tertiary/aromatic N) is 3. The van der Waals surface area contributed by atoms with E-state index in [0.29, 0.717) is 35.6 Å². The van der Waals surface area contributed by atoms with Crippen molar-refractivity contribution in [3.8, 4) is 0 Å².